The first-order valence-electron chi connectivity index (χ1n) is 8.31. The highest BCUT2D eigenvalue weighted by Crippen LogP contribution is 2.35. The first kappa shape index (κ1) is 22.0. The van der Waals surface area contributed by atoms with Gasteiger partial charge >= 0.3 is 0 Å². The van der Waals surface area contributed by atoms with Crippen molar-refractivity contribution in [2.75, 3.05) is 0 Å². The van der Waals surface area contributed by atoms with Crippen LogP contribution in [0.15, 0.2) is 34.1 Å². The maximum absolute atomic E-state index is 13.4. The summed E-state index contributed by atoms with van der Waals surface area (Å²) in [6.07, 6.45) is 0. The quantitative estimate of drug-likeness (QED) is 0.682. The third kappa shape index (κ3) is 3.95. The number of Topliss-reactive ketones (excluding diaryl/α,β-unsaturated/α-hetero) is 4. The first-order valence-corrected chi connectivity index (χ1v) is 9.80. The maximum atomic E-state index is 13.4. The third-order valence-corrected chi connectivity index (χ3v) is 6.13. The van der Waals surface area contributed by atoms with E-state index in [1.165, 1.54) is 0 Å². The van der Waals surface area contributed by atoms with Gasteiger partial charge in [-0.1, -0.05) is 0 Å². The van der Waals surface area contributed by atoms with Gasteiger partial charge in [-0.05, 0) is 52.0 Å². The summed E-state index contributed by atoms with van der Waals surface area (Å²) in [5.74, 6) is -3.83. The van der Waals surface area contributed by atoms with Crippen LogP contribution in [0.1, 0.15) is 69.1 Å². The molecule has 0 fully saturated rings. The van der Waals surface area contributed by atoms with E-state index in [-0.39, 0.29) is 22.3 Å². The molecule has 8 nitrogen and oxygen atoms in total. The topological polar surface area (TPSA) is 143 Å². The Morgan fingerprint density at radius 3 is 1.10 bits per heavy atom. The highest BCUT2D eigenvalue weighted by Gasteiger charge is 2.31. The molecule has 2 aromatic carbocycles. The molecule has 0 aliphatic rings. The Kier molecular flexibility index (Phi) is 5.75. The smallest absolute Gasteiger partial charge is 0.208 e. The maximum Gasteiger partial charge on any atom is 0.208 e. The highest BCUT2D eigenvalue weighted by molar-refractivity contribution is 7.91. The van der Waals surface area contributed by atoms with Crippen molar-refractivity contribution >= 4 is 33.0 Å². The molecule has 0 aliphatic heterocycles. The molecule has 0 radical (unpaired) electrons. The van der Waals surface area contributed by atoms with Gasteiger partial charge in [0.25, 0.3) is 0 Å². The summed E-state index contributed by atoms with van der Waals surface area (Å²) in [7, 11) is -4.60. The van der Waals surface area contributed by atoms with Gasteiger partial charge in [-0.2, -0.15) is 0 Å². The van der Waals surface area contributed by atoms with Crippen molar-refractivity contribution in [3.8, 4) is 11.5 Å². The number of phenolic OH excluding ortho intramolecular Hbond substituents is 2. The van der Waals surface area contributed by atoms with E-state index in [1.54, 1.807) is 0 Å². The lowest BCUT2D eigenvalue weighted by Gasteiger charge is -2.15. The van der Waals surface area contributed by atoms with Crippen molar-refractivity contribution in [3.63, 3.8) is 0 Å². The van der Waals surface area contributed by atoms with Crippen LogP contribution < -0.4 is 0 Å². The average molecular weight is 418 g/mol. The number of carbonyl (C=O) groups excluding carboxylic acids is 4. The van der Waals surface area contributed by atoms with Crippen molar-refractivity contribution in [1.29, 1.82) is 0 Å². The van der Waals surface area contributed by atoms with Crippen LogP contribution in [0.2, 0.25) is 0 Å². The summed E-state index contributed by atoms with van der Waals surface area (Å²) < 4.78 is 26.7. The van der Waals surface area contributed by atoms with Crippen molar-refractivity contribution in [2.24, 2.45) is 0 Å². The van der Waals surface area contributed by atoms with E-state index < -0.39 is 54.3 Å². The van der Waals surface area contributed by atoms with Crippen LogP contribution >= 0.6 is 0 Å². The Hall–Kier alpha value is -3.33. The lowest BCUT2D eigenvalue weighted by Crippen LogP contribution is -2.14. The monoisotopic (exact) mass is 418 g/mol. The minimum atomic E-state index is -4.60. The highest BCUT2D eigenvalue weighted by atomic mass is 32.2. The summed E-state index contributed by atoms with van der Waals surface area (Å²) in [5.41, 5.74) is -1.44. The van der Waals surface area contributed by atoms with Crippen LogP contribution in [-0.4, -0.2) is 41.8 Å². The number of benzene rings is 2. The van der Waals surface area contributed by atoms with Gasteiger partial charge in [-0.15, -0.1) is 0 Å². The molecule has 9 heteroatoms. The minimum absolute atomic E-state index is 0.330. The number of rotatable bonds is 6. The van der Waals surface area contributed by atoms with Gasteiger partial charge in [0.15, 0.2) is 23.1 Å². The second kappa shape index (κ2) is 7.59. The summed E-state index contributed by atoms with van der Waals surface area (Å²) in [6, 6.07) is 3.44. The first-order chi connectivity index (χ1) is 13.3. The van der Waals surface area contributed by atoms with E-state index >= 15 is 0 Å². The Balaban J connectivity index is 3.00. The molecule has 0 heterocycles. The molecule has 2 rings (SSSR count). The van der Waals surface area contributed by atoms with Crippen LogP contribution in [0.5, 0.6) is 11.5 Å². The second-order valence-electron chi connectivity index (χ2n) is 6.46. The van der Waals surface area contributed by atoms with E-state index in [1.807, 2.05) is 0 Å². The molecular formula is C20H18O8S. The van der Waals surface area contributed by atoms with Crippen LogP contribution in [0, 0.1) is 0 Å². The number of carbonyl (C=O) groups is 4. The van der Waals surface area contributed by atoms with Crippen molar-refractivity contribution in [1.82, 2.24) is 0 Å². The molecule has 0 saturated carbocycles. The average Bonchev–Trinajstić information content (AvgIpc) is 2.59. The van der Waals surface area contributed by atoms with Crippen molar-refractivity contribution in [2.45, 2.75) is 37.5 Å². The summed E-state index contributed by atoms with van der Waals surface area (Å²) in [4.78, 5) is 46.3. The van der Waals surface area contributed by atoms with Gasteiger partial charge in [-0.3, -0.25) is 19.2 Å². The predicted octanol–water partition coefficient (Wildman–Crippen LogP) is 2.74. The molecule has 0 amide bonds. The number of ketones is 4. The molecule has 0 saturated heterocycles. The normalized spacial score (nSPS) is 11.2. The molecular weight excluding hydrogens is 400 g/mol. The standard InChI is InChI=1S/C20H18O8S/c1-9(21)13-7-19(15(11(3)23)5-17(13)25)29(27,28)20-8-14(10(2)22)18(26)6-16(20)12(4)24/h5-8,25-26H,1-4H3. The van der Waals surface area contributed by atoms with E-state index in [0.717, 1.165) is 52.0 Å². The Bertz CT molecular complexity index is 1100. The molecule has 0 aromatic heterocycles. The zero-order chi connectivity index (χ0) is 22.3. The second-order valence-corrected chi connectivity index (χ2v) is 8.35. The molecule has 0 aliphatic carbocycles. The molecule has 2 N–H and O–H groups in total. The van der Waals surface area contributed by atoms with E-state index in [2.05, 4.69) is 0 Å². The van der Waals surface area contributed by atoms with Gasteiger partial charge in [-0.25, -0.2) is 8.42 Å². The molecule has 0 bridgehead atoms. The van der Waals surface area contributed by atoms with Crippen LogP contribution in [0.25, 0.3) is 0 Å². The molecule has 0 atom stereocenters. The number of hydrogen-bond acceptors (Lipinski definition) is 8. The minimum Gasteiger partial charge on any atom is -0.507 e. The number of hydrogen-bond donors (Lipinski definition) is 2. The molecule has 152 valence electrons. The molecule has 0 unspecified atom stereocenters. The summed E-state index contributed by atoms with van der Waals surface area (Å²) in [5, 5.41) is 19.9. The molecule has 29 heavy (non-hydrogen) atoms. The van der Waals surface area contributed by atoms with Crippen molar-refractivity contribution < 1.29 is 37.8 Å². The fraction of sp³-hybridized carbons (Fsp3) is 0.200. The number of aromatic hydroxyl groups is 2. The Morgan fingerprint density at radius 1 is 0.586 bits per heavy atom. The van der Waals surface area contributed by atoms with Gasteiger partial charge < -0.3 is 10.2 Å². The predicted molar refractivity (Wildman–Crippen MR) is 102 cm³/mol. The van der Waals surface area contributed by atoms with E-state index in [4.69, 9.17) is 0 Å². The summed E-state index contributed by atoms with van der Waals surface area (Å²) in [6.45, 7) is 4.36. The third-order valence-electron chi connectivity index (χ3n) is 4.29. The fourth-order valence-electron chi connectivity index (χ4n) is 2.81. The van der Waals surface area contributed by atoms with Gasteiger partial charge in [0.05, 0.1) is 20.9 Å². The van der Waals surface area contributed by atoms with Crippen molar-refractivity contribution in [3.05, 3.63) is 46.5 Å². The largest absolute Gasteiger partial charge is 0.507 e. The van der Waals surface area contributed by atoms with Gasteiger partial charge in [0.2, 0.25) is 9.84 Å². The molecule has 2 aromatic rings. The van der Waals surface area contributed by atoms with Gasteiger partial charge in [0.1, 0.15) is 11.5 Å². The Morgan fingerprint density at radius 2 is 0.862 bits per heavy atom. The van der Waals surface area contributed by atoms with Crippen LogP contribution in [-0.2, 0) is 9.84 Å². The number of sulfone groups is 1. The lowest BCUT2D eigenvalue weighted by atomic mass is 10.0. The van der Waals surface area contributed by atoms with E-state index in [0.29, 0.717) is 0 Å². The van der Waals surface area contributed by atoms with Gasteiger partial charge in [0, 0.05) is 11.1 Å². The van der Waals surface area contributed by atoms with E-state index in [9.17, 15) is 37.8 Å². The zero-order valence-corrected chi connectivity index (χ0v) is 16.9. The zero-order valence-electron chi connectivity index (χ0n) is 16.1. The fourth-order valence-corrected chi connectivity index (χ4v) is 4.58. The van der Waals surface area contributed by atoms with Crippen LogP contribution in [0.4, 0.5) is 0 Å². The SMILES string of the molecule is CC(=O)c1cc(S(=O)(=O)c2cc(C(C)=O)c(O)cc2C(C)=O)c(C(C)=O)cc1O. The number of phenols is 2. The lowest BCUT2D eigenvalue weighted by molar-refractivity contribution is 0.0996. The Labute approximate surface area is 166 Å². The molecule has 0 spiro atoms. The summed E-state index contributed by atoms with van der Waals surface area (Å²) >= 11 is 0. The van der Waals surface area contributed by atoms with Crippen LogP contribution in [0.3, 0.4) is 0 Å².